The van der Waals surface area contributed by atoms with Crippen LogP contribution in [0.2, 0.25) is 0 Å². The van der Waals surface area contributed by atoms with E-state index in [4.69, 9.17) is 4.74 Å². The molecule has 1 rings (SSSR count). The van der Waals surface area contributed by atoms with Gasteiger partial charge in [0.2, 0.25) is 11.8 Å². The summed E-state index contributed by atoms with van der Waals surface area (Å²) in [5, 5.41) is 5.85. The fraction of sp³-hybridized carbons (Fsp3) is 0.679. The summed E-state index contributed by atoms with van der Waals surface area (Å²) in [6.07, 6.45) is 5.39. The van der Waals surface area contributed by atoms with Crippen LogP contribution in [0, 0.1) is 6.92 Å². The van der Waals surface area contributed by atoms with Gasteiger partial charge in [-0.05, 0) is 77.0 Å². The summed E-state index contributed by atoms with van der Waals surface area (Å²) in [5.41, 5.74) is 1.04. The van der Waals surface area contributed by atoms with E-state index in [2.05, 4.69) is 17.6 Å². The minimum absolute atomic E-state index is 0.199. The lowest BCUT2D eigenvalue weighted by molar-refractivity contribution is -0.145. The molecule has 1 aromatic rings. The normalized spacial score (nSPS) is 13.9. The number of thioether (sulfide) groups is 1. The van der Waals surface area contributed by atoms with Crippen LogP contribution in [0.25, 0.3) is 0 Å². The van der Waals surface area contributed by atoms with Crippen molar-refractivity contribution < 1.29 is 19.1 Å². The van der Waals surface area contributed by atoms with Crippen molar-refractivity contribution in [2.24, 2.45) is 0 Å². The standard InChI is InChI=1S/C28H47N3O4S/c1-9-11-14-18-29-25(32)24(22-16-13-12-15-20(22)3)31(21(4)10-2)26(33)23(17-19-36-8)30-27(34)35-28(5,6)7/h12-13,15-16,21,23-24H,9-11,14,17-19H2,1-8H3,(H,29,32)(H,30,34). The molecule has 8 heteroatoms. The molecule has 0 aromatic heterocycles. The summed E-state index contributed by atoms with van der Waals surface area (Å²) in [5.74, 6) is 0.204. The van der Waals surface area contributed by atoms with E-state index in [1.54, 1.807) is 37.4 Å². The molecule has 3 amide bonds. The smallest absolute Gasteiger partial charge is 0.408 e. The van der Waals surface area contributed by atoms with E-state index in [9.17, 15) is 14.4 Å². The Morgan fingerprint density at radius 2 is 1.78 bits per heavy atom. The Labute approximate surface area is 222 Å². The molecule has 0 aliphatic heterocycles. The monoisotopic (exact) mass is 521 g/mol. The number of nitrogens with zero attached hydrogens (tertiary/aromatic N) is 1. The van der Waals surface area contributed by atoms with Gasteiger partial charge in [0.1, 0.15) is 17.7 Å². The largest absolute Gasteiger partial charge is 0.444 e. The number of carbonyl (C=O) groups excluding carboxylic acids is 3. The van der Waals surface area contributed by atoms with Crippen molar-refractivity contribution in [2.45, 2.75) is 104 Å². The number of alkyl carbamates (subject to hydrolysis) is 1. The van der Waals surface area contributed by atoms with Crippen LogP contribution in [-0.2, 0) is 14.3 Å². The lowest BCUT2D eigenvalue weighted by Gasteiger charge is -2.38. The van der Waals surface area contributed by atoms with E-state index in [1.165, 1.54) is 0 Å². The number of carbonyl (C=O) groups is 3. The van der Waals surface area contributed by atoms with Crippen molar-refractivity contribution in [3.63, 3.8) is 0 Å². The minimum Gasteiger partial charge on any atom is -0.444 e. The second kappa shape index (κ2) is 15.8. The molecule has 3 atom stereocenters. The van der Waals surface area contributed by atoms with Crippen molar-refractivity contribution in [1.82, 2.24) is 15.5 Å². The second-order valence-electron chi connectivity index (χ2n) is 10.2. The van der Waals surface area contributed by atoms with E-state index < -0.39 is 23.8 Å². The predicted molar refractivity (Wildman–Crippen MR) is 149 cm³/mol. The maximum Gasteiger partial charge on any atom is 0.408 e. The van der Waals surface area contributed by atoms with Crippen LogP contribution in [-0.4, -0.2) is 59.0 Å². The molecule has 204 valence electrons. The number of ether oxygens (including phenoxy) is 1. The number of aryl methyl sites for hydroxylation is 1. The summed E-state index contributed by atoms with van der Waals surface area (Å²) in [7, 11) is 0. The van der Waals surface area contributed by atoms with Crippen molar-refractivity contribution >= 4 is 29.7 Å². The number of nitrogens with one attached hydrogen (secondary N) is 2. The summed E-state index contributed by atoms with van der Waals surface area (Å²) in [6.45, 7) is 13.9. The zero-order valence-corrected chi connectivity index (χ0v) is 24.3. The molecular weight excluding hydrogens is 474 g/mol. The third-order valence-corrected chi connectivity index (χ3v) is 6.65. The fourth-order valence-electron chi connectivity index (χ4n) is 3.91. The number of unbranched alkanes of at least 4 members (excludes halogenated alkanes) is 2. The first-order valence-electron chi connectivity index (χ1n) is 13.1. The van der Waals surface area contributed by atoms with Gasteiger partial charge in [-0.15, -0.1) is 0 Å². The topological polar surface area (TPSA) is 87.7 Å². The SMILES string of the molecule is CCCCCNC(=O)C(c1ccccc1C)N(C(=O)C(CCSC)NC(=O)OC(C)(C)C)C(C)CC. The van der Waals surface area contributed by atoms with Gasteiger partial charge in [0, 0.05) is 12.6 Å². The quantitative estimate of drug-likeness (QED) is 0.311. The van der Waals surface area contributed by atoms with Crippen molar-refractivity contribution in [3.05, 3.63) is 35.4 Å². The maximum absolute atomic E-state index is 14.1. The molecule has 0 fully saturated rings. The second-order valence-corrected chi connectivity index (χ2v) is 11.2. The van der Waals surface area contributed by atoms with Gasteiger partial charge in [0.25, 0.3) is 0 Å². The van der Waals surface area contributed by atoms with Gasteiger partial charge >= 0.3 is 6.09 Å². The van der Waals surface area contributed by atoms with E-state index >= 15 is 0 Å². The highest BCUT2D eigenvalue weighted by Crippen LogP contribution is 2.29. The lowest BCUT2D eigenvalue weighted by atomic mass is 9.96. The van der Waals surface area contributed by atoms with Gasteiger partial charge in [0.15, 0.2) is 0 Å². The predicted octanol–water partition coefficient (Wildman–Crippen LogP) is 5.62. The van der Waals surface area contributed by atoms with E-state index in [0.717, 1.165) is 30.4 Å². The van der Waals surface area contributed by atoms with E-state index in [-0.39, 0.29) is 17.9 Å². The Morgan fingerprint density at radius 1 is 1.11 bits per heavy atom. The molecule has 7 nitrogen and oxygen atoms in total. The molecule has 0 spiro atoms. The van der Waals surface area contributed by atoms with Crippen LogP contribution in [0.5, 0.6) is 0 Å². The Bertz CT molecular complexity index is 840. The molecule has 0 radical (unpaired) electrons. The van der Waals surface area contributed by atoms with Crippen LogP contribution < -0.4 is 10.6 Å². The Kier molecular flexibility index (Phi) is 14.0. The van der Waals surface area contributed by atoms with Gasteiger partial charge in [-0.3, -0.25) is 9.59 Å². The van der Waals surface area contributed by atoms with Crippen LogP contribution in [0.4, 0.5) is 4.79 Å². The molecule has 0 saturated carbocycles. The van der Waals surface area contributed by atoms with E-state index in [0.29, 0.717) is 25.1 Å². The molecule has 0 heterocycles. The first-order chi connectivity index (χ1) is 17.0. The number of amides is 3. The van der Waals surface area contributed by atoms with Crippen LogP contribution in [0.1, 0.15) is 90.8 Å². The molecule has 0 saturated heterocycles. The van der Waals surface area contributed by atoms with Gasteiger partial charge < -0.3 is 20.3 Å². The molecule has 36 heavy (non-hydrogen) atoms. The molecule has 1 aromatic carbocycles. The average Bonchev–Trinajstić information content (AvgIpc) is 2.81. The van der Waals surface area contributed by atoms with Crippen LogP contribution in [0.3, 0.4) is 0 Å². The molecule has 2 N–H and O–H groups in total. The molecule has 3 unspecified atom stereocenters. The molecule has 0 aliphatic rings. The zero-order valence-electron chi connectivity index (χ0n) is 23.5. The van der Waals surface area contributed by atoms with Gasteiger partial charge in [-0.2, -0.15) is 11.8 Å². The lowest BCUT2D eigenvalue weighted by Crippen LogP contribution is -2.55. The number of hydrogen-bond donors (Lipinski definition) is 2. The summed E-state index contributed by atoms with van der Waals surface area (Å²) in [4.78, 5) is 42.1. The number of hydrogen-bond acceptors (Lipinski definition) is 5. The first kappa shape index (κ1) is 31.8. The minimum atomic E-state index is -0.805. The number of rotatable bonds is 14. The number of benzene rings is 1. The highest BCUT2D eigenvalue weighted by atomic mass is 32.2. The zero-order chi connectivity index (χ0) is 27.3. The fourth-order valence-corrected chi connectivity index (χ4v) is 4.38. The summed E-state index contributed by atoms with van der Waals surface area (Å²) >= 11 is 1.60. The third-order valence-electron chi connectivity index (χ3n) is 6.01. The summed E-state index contributed by atoms with van der Waals surface area (Å²) in [6, 6.07) is 5.86. The molecule has 0 bridgehead atoms. The van der Waals surface area contributed by atoms with Crippen LogP contribution in [0.15, 0.2) is 24.3 Å². The Morgan fingerprint density at radius 3 is 2.33 bits per heavy atom. The Hall–Kier alpha value is -2.22. The van der Waals surface area contributed by atoms with Gasteiger partial charge in [-0.1, -0.05) is 51.0 Å². The third kappa shape index (κ3) is 10.4. The van der Waals surface area contributed by atoms with Crippen molar-refractivity contribution in [2.75, 3.05) is 18.6 Å². The first-order valence-corrected chi connectivity index (χ1v) is 14.5. The van der Waals surface area contributed by atoms with Crippen molar-refractivity contribution in [1.29, 1.82) is 0 Å². The highest BCUT2D eigenvalue weighted by Gasteiger charge is 2.38. The Balaban J connectivity index is 3.44. The molecule has 0 aliphatic carbocycles. The van der Waals surface area contributed by atoms with Crippen molar-refractivity contribution in [3.8, 4) is 0 Å². The van der Waals surface area contributed by atoms with Crippen LogP contribution >= 0.6 is 11.8 Å². The average molecular weight is 522 g/mol. The highest BCUT2D eigenvalue weighted by molar-refractivity contribution is 7.98. The van der Waals surface area contributed by atoms with Gasteiger partial charge in [0.05, 0.1) is 0 Å². The molecular formula is C28H47N3O4S. The van der Waals surface area contributed by atoms with E-state index in [1.807, 2.05) is 51.3 Å². The van der Waals surface area contributed by atoms with Gasteiger partial charge in [-0.25, -0.2) is 4.79 Å². The summed E-state index contributed by atoms with van der Waals surface area (Å²) < 4.78 is 5.45. The maximum atomic E-state index is 14.1.